The van der Waals surface area contributed by atoms with Crippen molar-refractivity contribution in [3.05, 3.63) is 28.2 Å². The summed E-state index contributed by atoms with van der Waals surface area (Å²) in [6, 6.07) is 6.14. The normalized spacial score (nSPS) is 14.6. The van der Waals surface area contributed by atoms with Crippen molar-refractivity contribution in [1.82, 2.24) is 5.32 Å². The van der Waals surface area contributed by atoms with E-state index in [9.17, 15) is 0 Å². The maximum atomic E-state index is 5.91. The van der Waals surface area contributed by atoms with Gasteiger partial charge in [-0.05, 0) is 50.4 Å². The highest BCUT2D eigenvalue weighted by atomic mass is 35.5. The second-order valence-electron chi connectivity index (χ2n) is 5.10. The molecular weight excluding hydrogens is 281 g/mol. The zero-order valence-corrected chi connectivity index (χ0v) is 12.6. The van der Waals surface area contributed by atoms with E-state index in [-0.39, 0.29) is 0 Å². The van der Waals surface area contributed by atoms with Gasteiger partial charge in [0.25, 0.3) is 0 Å². The standard InChI is InChI=1S/C15H21Cl2NO/c16-12-9-13(17)11-15(10-12)19-8-4-2-1-3-7-18-14-5-6-14/h9-11,14,18H,1-8H2. The van der Waals surface area contributed by atoms with Crippen LogP contribution < -0.4 is 10.1 Å². The smallest absolute Gasteiger partial charge is 0.122 e. The summed E-state index contributed by atoms with van der Waals surface area (Å²) in [5, 5.41) is 4.76. The third-order valence-electron chi connectivity index (χ3n) is 3.19. The largest absolute Gasteiger partial charge is 0.493 e. The van der Waals surface area contributed by atoms with E-state index in [1.807, 2.05) is 0 Å². The lowest BCUT2D eigenvalue weighted by Gasteiger charge is -2.07. The minimum atomic E-state index is 0.619. The Kier molecular flexibility index (Phi) is 6.29. The monoisotopic (exact) mass is 301 g/mol. The number of unbranched alkanes of at least 4 members (excludes halogenated alkanes) is 3. The molecule has 0 aliphatic heterocycles. The molecular formula is C15H21Cl2NO. The Morgan fingerprint density at radius 1 is 1.00 bits per heavy atom. The fraction of sp³-hybridized carbons (Fsp3) is 0.600. The molecule has 0 amide bonds. The van der Waals surface area contributed by atoms with Gasteiger partial charge in [0, 0.05) is 16.1 Å². The van der Waals surface area contributed by atoms with E-state index in [2.05, 4.69) is 5.32 Å². The zero-order valence-electron chi connectivity index (χ0n) is 11.1. The molecule has 106 valence electrons. The molecule has 0 aromatic heterocycles. The highest BCUT2D eigenvalue weighted by molar-refractivity contribution is 6.34. The molecule has 0 saturated heterocycles. The second kappa shape index (κ2) is 7.98. The van der Waals surface area contributed by atoms with Gasteiger partial charge in [-0.2, -0.15) is 0 Å². The molecule has 1 fully saturated rings. The average molecular weight is 302 g/mol. The van der Waals surface area contributed by atoms with Crippen LogP contribution in [0, 0.1) is 0 Å². The van der Waals surface area contributed by atoms with Gasteiger partial charge in [-0.25, -0.2) is 0 Å². The van der Waals surface area contributed by atoms with Crippen LogP contribution in [0.25, 0.3) is 0 Å². The number of hydrogen-bond acceptors (Lipinski definition) is 2. The van der Waals surface area contributed by atoms with Gasteiger partial charge in [-0.3, -0.25) is 0 Å². The lowest BCUT2D eigenvalue weighted by atomic mass is 10.2. The lowest BCUT2D eigenvalue weighted by Crippen LogP contribution is -2.17. The van der Waals surface area contributed by atoms with Gasteiger partial charge in [0.2, 0.25) is 0 Å². The molecule has 1 aliphatic carbocycles. The van der Waals surface area contributed by atoms with Crippen LogP contribution in [0.3, 0.4) is 0 Å². The summed E-state index contributed by atoms with van der Waals surface area (Å²) in [6.45, 7) is 1.89. The molecule has 0 atom stereocenters. The Labute approximate surface area is 125 Å². The SMILES string of the molecule is Clc1cc(Cl)cc(OCCCCCCNC2CC2)c1. The molecule has 2 nitrogen and oxygen atoms in total. The molecule has 1 N–H and O–H groups in total. The lowest BCUT2D eigenvalue weighted by molar-refractivity contribution is 0.304. The number of rotatable bonds is 9. The van der Waals surface area contributed by atoms with E-state index in [1.165, 1.54) is 32.1 Å². The fourth-order valence-electron chi connectivity index (χ4n) is 1.98. The Hall–Kier alpha value is -0.440. The third kappa shape index (κ3) is 6.51. The molecule has 1 aromatic carbocycles. The van der Waals surface area contributed by atoms with E-state index in [0.717, 1.165) is 31.4 Å². The molecule has 0 bridgehead atoms. The molecule has 2 rings (SSSR count). The number of benzene rings is 1. The molecule has 1 saturated carbocycles. The topological polar surface area (TPSA) is 21.3 Å². The minimum Gasteiger partial charge on any atom is -0.493 e. The summed E-state index contributed by atoms with van der Waals surface area (Å²) in [6.07, 6.45) is 7.55. The predicted octanol–water partition coefficient (Wildman–Crippen LogP) is 4.68. The highest BCUT2D eigenvalue weighted by Gasteiger charge is 2.19. The predicted molar refractivity (Wildman–Crippen MR) is 81.4 cm³/mol. The summed E-state index contributed by atoms with van der Waals surface area (Å²) in [4.78, 5) is 0. The number of halogens is 2. The molecule has 19 heavy (non-hydrogen) atoms. The third-order valence-corrected chi connectivity index (χ3v) is 3.62. The van der Waals surface area contributed by atoms with Gasteiger partial charge in [-0.15, -0.1) is 0 Å². The molecule has 1 aromatic rings. The molecule has 1 aliphatic rings. The van der Waals surface area contributed by atoms with Crippen molar-refractivity contribution in [2.45, 2.75) is 44.6 Å². The van der Waals surface area contributed by atoms with Crippen LogP contribution in [0.5, 0.6) is 5.75 Å². The van der Waals surface area contributed by atoms with Crippen LogP contribution in [-0.4, -0.2) is 19.2 Å². The number of ether oxygens (including phenoxy) is 1. The summed E-state index contributed by atoms with van der Waals surface area (Å²) in [5.41, 5.74) is 0. The summed E-state index contributed by atoms with van der Waals surface area (Å²) in [7, 11) is 0. The number of nitrogens with one attached hydrogen (secondary N) is 1. The quantitative estimate of drug-likeness (QED) is 0.668. The average Bonchev–Trinajstić information content (AvgIpc) is 3.15. The Morgan fingerprint density at radius 2 is 1.68 bits per heavy atom. The van der Waals surface area contributed by atoms with Gasteiger partial charge in [0.15, 0.2) is 0 Å². The summed E-state index contributed by atoms with van der Waals surface area (Å²) >= 11 is 11.8. The van der Waals surface area contributed by atoms with Crippen LogP contribution in [0.1, 0.15) is 38.5 Å². The van der Waals surface area contributed by atoms with E-state index < -0.39 is 0 Å². The van der Waals surface area contributed by atoms with E-state index in [4.69, 9.17) is 27.9 Å². The van der Waals surface area contributed by atoms with Crippen LogP contribution in [0.15, 0.2) is 18.2 Å². The van der Waals surface area contributed by atoms with E-state index in [0.29, 0.717) is 10.0 Å². The zero-order chi connectivity index (χ0) is 13.5. The summed E-state index contributed by atoms with van der Waals surface area (Å²) < 4.78 is 5.64. The van der Waals surface area contributed by atoms with Gasteiger partial charge >= 0.3 is 0 Å². The van der Waals surface area contributed by atoms with Crippen molar-refractivity contribution in [1.29, 1.82) is 0 Å². The van der Waals surface area contributed by atoms with Gasteiger partial charge in [-0.1, -0.05) is 36.0 Å². The van der Waals surface area contributed by atoms with Crippen molar-refractivity contribution in [3.63, 3.8) is 0 Å². The molecule has 0 unspecified atom stereocenters. The molecule has 4 heteroatoms. The molecule has 0 heterocycles. The molecule has 0 spiro atoms. The first kappa shape index (κ1) is 15.0. The minimum absolute atomic E-state index is 0.619. The van der Waals surface area contributed by atoms with Crippen LogP contribution in [0.2, 0.25) is 10.0 Å². The van der Waals surface area contributed by atoms with Crippen LogP contribution >= 0.6 is 23.2 Å². The maximum Gasteiger partial charge on any atom is 0.122 e. The fourth-order valence-corrected chi connectivity index (χ4v) is 2.48. The van der Waals surface area contributed by atoms with Crippen molar-refractivity contribution >= 4 is 23.2 Å². The Balaban J connectivity index is 1.48. The van der Waals surface area contributed by atoms with Gasteiger partial charge in [0.05, 0.1) is 6.61 Å². The summed E-state index contributed by atoms with van der Waals surface area (Å²) in [5.74, 6) is 0.757. The van der Waals surface area contributed by atoms with Crippen LogP contribution in [-0.2, 0) is 0 Å². The number of hydrogen-bond donors (Lipinski definition) is 1. The first-order valence-corrected chi connectivity index (χ1v) is 7.82. The van der Waals surface area contributed by atoms with Gasteiger partial charge < -0.3 is 10.1 Å². The van der Waals surface area contributed by atoms with Crippen molar-refractivity contribution < 1.29 is 4.74 Å². The maximum absolute atomic E-state index is 5.91. The molecule has 0 radical (unpaired) electrons. The Morgan fingerprint density at radius 3 is 2.37 bits per heavy atom. The Bertz CT molecular complexity index is 373. The van der Waals surface area contributed by atoms with E-state index >= 15 is 0 Å². The van der Waals surface area contributed by atoms with Crippen molar-refractivity contribution in [2.75, 3.05) is 13.2 Å². The van der Waals surface area contributed by atoms with Crippen molar-refractivity contribution in [3.8, 4) is 5.75 Å². The second-order valence-corrected chi connectivity index (χ2v) is 5.97. The highest BCUT2D eigenvalue weighted by Crippen LogP contribution is 2.24. The van der Waals surface area contributed by atoms with Crippen molar-refractivity contribution in [2.24, 2.45) is 0 Å². The first-order valence-electron chi connectivity index (χ1n) is 7.06. The van der Waals surface area contributed by atoms with Gasteiger partial charge in [0.1, 0.15) is 5.75 Å². The van der Waals surface area contributed by atoms with Crippen LogP contribution in [0.4, 0.5) is 0 Å². The first-order chi connectivity index (χ1) is 9.24. The van der Waals surface area contributed by atoms with E-state index in [1.54, 1.807) is 18.2 Å².